The maximum absolute atomic E-state index is 11.7. The van der Waals surface area contributed by atoms with Crippen molar-refractivity contribution in [2.75, 3.05) is 42.5 Å². The van der Waals surface area contributed by atoms with Gasteiger partial charge in [-0.3, -0.25) is 86.5 Å². The maximum atomic E-state index is 11.7. The van der Waals surface area contributed by atoms with Crippen LogP contribution in [0, 0.1) is 0 Å². The first-order chi connectivity index (χ1) is 41.8. The maximum Gasteiger partial charge on any atom is 0.258 e. The zero-order chi connectivity index (χ0) is 62.1. The second kappa shape index (κ2) is 26.0. The number of unbranched alkanes of at least 4 members (excludes halogenated alkanes) is 3. The quantitative estimate of drug-likeness (QED) is 0.121. The van der Waals surface area contributed by atoms with Gasteiger partial charge in [0.15, 0.2) is 0 Å². The molecular formula is C63H46N8O16. The van der Waals surface area contributed by atoms with Gasteiger partial charge in [-0.1, -0.05) is 43.2 Å². The van der Waals surface area contributed by atoms with Gasteiger partial charge >= 0.3 is 0 Å². The SMILES string of the molecule is O=C1C=CC(=O)N1CCCCCCN1C(=O)C=CC1=O.O=C1C=CC(=O)N1c1ccc(Cc2ccc(N3C(=O)C=CC3=O)cc2)cc1.O=C1C=CC(=O)N1c1ccc(N2C(=O)C=CC2=O)cc1.O=C1C=CC(=O)N1c1cccc(N2C(=O)C=CC2=O)c1. The summed E-state index contributed by atoms with van der Waals surface area (Å²) in [7, 11) is 0. The van der Waals surface area contributed by atoms with E-state index in [1.54, 1.807) is 42.5 Å². The van der Waals surface area contributed by atoms with E-state index in [4.69, 9.17) is 0 Å². The molecule has 4 aromatic rings. The van der Waals surface area contributed by atoms with Gasteiger partial charge in [0.2, 0.25) is 0 Å². The molecule has 16 amide bonds. The van der Waals surface area contributed by atoms with Gasteiger partial charge in [-0.15, -0.1) is 0 Å². The third-order valence-electron chi connectivity index (χ3n) is 13.7. The van der Waals surface area contributed by atoms with Gasteiger partial charge in [0, 0.05) is 110 Å². The number of benzene rings is 4. The number of anilines is 6. The Morgan fingerprint density at radius 1 is 0.207 bits per heavy atom. The number of amides is 16. The number of hydrogen-bond donors (Lipinski definition) is 0. The van der Waals surface area contributed by atoms with Gasteiger partial charge in [-0.25, -0.2) is 29.4 Å². The fraction of sp³-hybridized carbons (Fsp3) is 0.111. The second-order valence-corrected chi connectivity index (χ2v) is 19.4. The molecule has 0 saturated heterocycles. The largest absolute Gasteiger partial charge is 0.275 e. The molecular weight excluding hydrogens is 1120 g/mol. The molecule has 12 rings (SSSR count). The fourth-order valence-electron chi connectivity index (χ4n) is 9.41. The second-order valence-electron chi connectivity index (χ2n) is 19.4. The van der Waals surface area contributed by atoms with Crippen molar-refractivity contribution in [2.24, 2.45) is 0 Å². The van der Waals surface area contributed by atoms with E-state index in [2.05, 4.69) is 0 Å². The normalized spacial score (nSPS) is 17.3. The molecule has 0 radical (unpaired) electrons. The highest BCUT2D eigenvalue weighted by Gasteiger charge is 2.32. The minimum Gasteiger partial charge on any atom is -0.275 e. The van der Waals surface area contributed by atoms with E-state index in [1.165, 1.54) is 137 Å². The third-order valence-corrected chi connectivity index (χ3v) is 13.7. The lowest BCUT2D eigenvalue weighted by atomic mass is 10.0. The van der Waals surface area contributed by atoms with Crippen molar-refractivity contribution >= 4 is 129 Å². The molecule has 8 aliphatic rings. The summed E-state index contributed by atoms with van der Waals surface area (Å²) in [5.41, 5.74) is 4.49. The Morgan fingerprint density at radius 3 is 0.632 bits per heavy atom. The third kappa shape index (κ3) is 13.4. The minimum atomic E-state index is -0.454. The van der Waals surface area contributed by atoms with Crippen LogP contribution in [0.25, 0.3) is 0 Å². The monoisotopic (exact) mass is 1170 g/mol. The Balaban J connectivity index is 0.000000140. The molecule has 0 N–H and O–H groups in total. The Kier molecular flexibility index (Phi) is 17.8. The van der Waals surface area contributed by atoms with E-state index >= 15 is 0 Å². The van der Waals surface area contributed by atoms with E-state index in [0.29, 0.717) is 53.6 Å². The lowest BCUT2D eigenvalue weighted by Crippen LogP contribution is -2.31. The zero-order valence-corrected chi connectivity index (χ0v) is 45.5. The van der Waals surface area contributed by atoms with Crippen LogP contribution in [0.2, 0.25) is 0 Å². The molecule has 0 bridgehead atoms. The van der Waals surface area contributed by atoms with E-state index in [-0.39, 0.29) is 47.3 Å². The number of hydrogen-bond acceptors (Lipinski definition) is 16. The Hall–Kier alpha value is -12.1. The highest BCUT2D eigenvalue weighted by atomic mass is 16.2. The Bertz CT molecular complexity index is 3550. The number of carbonyl (C=O) groups is 16. The Morgan fingerprint density at radius 2 is 0.402 bits per heavy atom. The lowest BCUT2D eigenvalue weighted by Gasteiger charge is -2.18. The van der Waals surface area contributed by atoms with Crippen LogP contribution in [0.3, 0.4) is 0 Å². The molecule has 24 heteroatoms. The lowest BCUT2D eigenvalue weighted by molar-refractivity contribution is -0.138. The van der Waals surface area contributed by atoms with Gasteiger partial charge in [0.1, 0.15) is 0 Å². The summed E-state index contributed by atoms with van der Waals surface area (Å²) >= 11 is 0. The average Bonchev–Trinajstić information content (AvgIpc) is 4.60. The summed E-state index contributed by atoms with van der Waals surface area (Å²) < 4.78 is 0. The average molecular weight is 1170 g/mol. The van der Waals surface area contributed by atoms with Crippen LogP contribution >= 0.6 is 0 Å². The summed E-state index contributed by atoms with van der Waals surface area (Å²) in [6.45, 7) is 0.849. The van der Waals surface area contributed by atoms with Crippen molar-refractivity contribution in [1.82, 2.24) is 9.80 Å². The van der Waals surface area contributed by atoms with Crippen molar-refractivity contribution < 1.29 is 76.7 Å². The van der Waals surface area contributed by atoms with Crippen molar-refractivity contribution in [3.63, 3.8) is 0 Å². The van der Waals surface area contributed by atoms with Crippen LogP contribution in [0.4, 0.5) is 34.1 Å². The zero-order valence-electron chi connectivity index (χ0n) is 45.5. The topological polar surface area (TPSA) is 299 Å². The summed E-state index contributed by atoms with van der Waals surface area (Å²) in [6.07, 6.45) is 23.4. The summed E-state index contributed by atoms with van der Waals surface area (Å²) in [4.78, 5) is 193. The van der Waals surface area contributed by atoms with Crippen LogP contribution < -0.4 is 29.4 Å². The molecule has 24 nitrogen and oxygen atoms in total. The molecule has 8 heterocycles. The molecule has 0 fully saturated rings. The van der Waals surface area contributed by atoms with E-state index in [0.717, 1.165) is 66.2 Å². The van der Waals surface area contributed by atoms with Crippen LogP contribution in [-0.2, 0) is 83.1 Å². The molecule has 87 heavy (non-hydrogen) atoms. The number of nitrogens with zero attached hydrogens (tertiary/aromatic N) is 8. The van der Waals surface area contributed by atoms with Crippen LogP contribution in [0.1, 0.15) is 36.8 Å². The van der Waals surface area contributed by atoms with Crippen molar-refractivity contribution in [1.29, 1.82) is 0 Å². The van der Waals surface area contributed by atoms with Gasteiger partial charge in [-0.2, -0.15) is 0 Å². The highest BCUT2D eigenvalue weighted by Crippen LogP contribution is 2.29. The van der Waals surface area contributed by atoms with Crippen LogP contribution in [0.15, 0.2) is 194 Å². The number of rotatable bonds is 15. The first-order valence-electron chi connectivity index (χ1n) is 26.6. The van der Waals surface area contributed by atoms with Gasteiger partial charge in [-0.05, 0) is 97.1 Å². The summed E-state index contributed by atoms with van der Waals surface area (Å²) in [5, 5.41) is 0. The smallest absolute Gasteiger partial charge is 0.258 e. The predicted molar refractivity (Wildman–Crippen MR) is 309 cm³/mol. The molecule has 0 atom stereocenters. The van der Waals surface area contributed by atoms with E-state index in [1.807, 2.05) is 24.3 Å². The molecule has 8 aliphatic heterocycles. The van der Waals surface area contributed by atoms with E-state index in [9.17, 15) is 76.7 Å². The summed E-state index contributed by atoms with van der Waals surface area (Å²) in [6, 6.07) is 26.6. The van der Waals surface area contributed by atoms with Crippen molar-refractivity contribution in [3.05, 3.63) is 205 Å². The van der Waals surface area contributed by atoms with Crippen LogP contribution in [-0.4, -0.2) is 117 Å². The van der Waals surface area contributed by atoms with Gasteiger partial charge in [0.25, 0.3) is 94.5 Å². The molecule has 434 valence electrons. The molecule has 0 spiro atoms. The molecule has 0 saturated carbocycles. The predicted octanol–water partition coefficient (Wildman–Crippen LogP) is 3.62. The minimum absolute atomic E-state index is 0.255. The molecule has 0 aliphatic carbocycles. The van der Waals surface area contributed by atoms with E-state index < -0.39 is 47.3 Å². The summed E-state index contributed by atoms with van der Waals surface area (Å²) in [5.74, 6) is -5.89. The number of imide groups is 8. The van der Waals surface area contributed by atoms with Crippen molar-refractivity contribution in [3.8, 4) is 0 Å². The highest BCUT2D eigenvalue weighted by molar-refractivity contribution is 6.32. The Labute approximate surface area is 493 Å². The first kappa shape index (κ1) is 59.5. The van der Waals surface area contributed by atoms with Gasteiger partial charge < -0.3 is 0 Å². The molecule has 0 aromatic heterocycles. The van der Waals surface area contributed by atoms with Gasteiger partial charge in [0.05, 0.1) is 34.1 Å². The van der Waals surface area contributed by atoms with Crippen molar-refractivity contribution in [2.45, 2.75) is 32.1 Å². The fourth-order valence-corrected chi connectivity index (χ4v) is 9.41. The standard InChI is InChI=1S/C21H14N2O4.2C14H8N2O4.C14H16N2O4/c24-18-9-10-19(25)22(18)16-5-1-14(2-6-16)13-15-3-7-17(8-4-15)23-20(26)11-12-21(23)27;17-11-5-6-12(18)15(11)9-1-2-10(4-3-9)16-13(19)7-8-14(16)20;17-11-4-5-12(18)15(11)9-2-1-3-10(8-9)16-13(19)6-7-14(16)20;17-11-5-6-12(18)15(11)9-3-1-2-4-10-16-13(19)7-8-14(16)20/h1-12H,13H2;2*1-8H;5-8H,1-4,9-10H2. The molecule has 4 aromatic carbocycles. The first-order valence-corrected chi connectivity index (χ1v) is 26.6. The molecule has 0 unspecified atom stereocenters. The van der Waals surface area contributed by atoms with Crippen LogP contribution in [0.5, 0.6) is 0 Å². The number of carbonyl (C=O) groups excluding carboxylic acids is 16.